The zero-order chi connectivity index (χ0) is 14.2. The van der Waals surface area contributed by atoms with Crippen LogP contribution >= 0.6 is 0 Å². The molecule has 0 aliphatic rings. The fourth-order valence-corrected chi connectivity index (χ4v) is 2.20. The van der Waals surface area contributed by atoms with Crippen molar-refractivity contribution in [3.63, 3.8) is 0 Å². The fraction of sp³-hybridized carbons (Fsp3) is 0.200. The molecule has 0 spiro atoms. The summed E-state index contributed by atoms with van der Waals surface area (Å²) in [5.74, 6) is -0.00968. The van der Waals surface area contributed by atoms with Gasteiger partial charge in [-0.05, 0) is 37.1 Å². The highest BCUT2D eigenvalue weighted by molar-refractivity contribution is 5.52. The van der Waals surface area contributed by atoms with Gasteiger partial charge in [0.1, 0.15) is 23.0 Å². The lowest BCUT2D eigenvalue weighted by Crippen LogP contribution is -1.96. The van der Waals surface area contributed by atoms with Crippen LogP contribution in [0.5, 0.6) is 23.0 Å². The molecule has 0 atom stereocenters. The molecule has 0 bridgehead atoms. The van der Waals surface area contributed by atoms with Gasteiger partial charge in [0, 0.05) is 29.7 Å². The molecular weight excluding hydrogens is 244 g/mol. The summed E-state index contributed by atoms with van der Waals surface area (Å²) < 4.78 is 0. The Kier molecular flexibility index (Phi) is 3.25. The first-order chi connectivity index (χ1) is 8.88. The number of phenols is 4. The molecule has 0 aromatic heterocycles. The van der Waals surface area contributed by atoms with Crippen molar-refractivity contribution in [2.45, 2.75) is 20.3 Å². The topological polar surface area (TPSA) is 80.9 Å². The van der Waals surface area contributed by atoms with Crippen LogP contribution < -0.4 is 0 Å². The van der Waals surface area contributed by atoms with Gasteiger partial charge in [0.2, 0.25) is 0 Å². The number of hydrogen-bond acceptors (Lipinski definition) is 4. The van der Waals surface area contributed by atoms with Crippen molar-refractivity contribution in [1.29, 1.82) is 0 Å². The zero-order valence-electron chi connectivity index (χ0n) is 10.8. The minimum Gasteiger partial charge on any atom is -0.508 e. The maximum absolute atomic E-state index is 9.88. The first-order valence-electron chi connectivity index (χ1n) is 5.91. The lowest BCUT2D eigenvalue weighted by atomic mass is 9.95. The highest BCUT2D eigenvalue weighted by Gasteiger charge is 2.13. The predicted octanol–water partition coefficient (Wildman–Crippen LogP) is 2.72. The van der Waals surface area contributed by atoms with Crippen molar-refractivity contribution < 1.29 is 20.4 Å². The molecule has 0 aliphatic carbocycles. The standard InChI is InChI=1S/C15H16O4/c1-8-3-10(16)5-14(18)12(8)7-13-9(2)4-11(17)6-15(13)19/h3-6,16-19H,7H2,1-2H3. The Balaban J connectivity index is 2.48. The molecule has 4 N–H and O–H groups in total. The largest absolute Gasteiger partial charge is 0.508 e. The van der Waals surface area contributed by atoms with Gasteiger partial charge in [-0.2, -0.15) is 0 Å². The van der Waals surface area contributed by atoms with E-state index in [-0.39, 0.29) is 23.0 Å². The van der Waals surface area contributed by atoms with Gasteiger partial charge in [0.25, 0.3) is 0 Å². The number of rotatable bonds is 2. The lowest BCUT2D eigenvalue weighted by molar-refractivity contribution is 0.442. The molecule has 100 valence electrons. The van der Waals surface area contributed by atoms with Gasteiger partial charge in [0.05, 0.1) is 0 Å². The van der Waals surface area contributed by atoms with Gasteiger partial charge in [-0.1, -0.05) is 0 Å². The molecule has 2 aromatic carbocycles. The molecule has 0 unspecified atom stereocenters. The van der Waals surface area contributed by atoms with Crippen LogP contribution in [0.2, 0.25) is 0 Å². The number of benzene rings is 2. The van der Waals surface area contributed by atoms with E-state index in [1.165, 1.54) is 12.1 Å². The second-order valence-corrected chi connectivity index (χ2v) is 4.70. The second kappa shape index (κ2) is 4.72. The molecule has 0 saturated carbocycles. The molecule has 19 heavy (non-hydrogen) atoms. The molecule has 0 heterocycles. The van der Waals surface area contributed by atoms with Crippen molar-refractivity contribution in [2.24, 2.45) is 0 Å². The van der Waals surface area contributed by atoms with Crippen molar-refractivity contribution >= 4 is 0 Å². The monoisotopic (exact) mass is 260 g/mol. The predicted molar refractivity (Wildman–Crippen MR) is 71.8 cm³/mol. The molecule has 0 amide bonds. The van der Waals surface area contributed by atoms with Crippen LogP contribution in [0.1, 0.15) is 22.3 Å². The quantitative estimate of drug-likeness (QED) is 0.669. The lowest BCUT2D eigenvalue weighted by Gasteiger charge is -2.13. The van der Waals surface area contributed by atoms with Crippen LogP contribution in [0.25, 0.3) is 0 Å². The average molecular weight is 260 g/mol. The van der Waals surface area contributed by atoms with Crippen LogP contribution in [0.15, 0.2) is 24.3 Å². The van der Waals surface area contributed by atoms with E-state index in [2.05, 4.69) is 0 Å². The summed E-state index contributed by atoms with van der Waals surface area (Å²) in [5.41, 5.74) is 2.76. The molecule has 0 aliphatic heterocycles. The normalized spacial score (nSPS) is 10.6. The van der Waals surface area contributed by atoms with Crippen LogP contribution in [-0.2, 0) is 6.42 Å². The minimum absolute atomic E-state index is 0.00500. The second-order valence-electron chi connectivity index (χ2n) is 4.70. The summed E-state index contributed by atoms with van der Waals surface area (Å²) in [5, 5.41) is 38.5. The van der Waals surface area contributed by atoms with E-state index in [0.717, 1.165) is 11.1 Å². The van der Waals surface area contributed by atoms with Gasteiger partial charge >= 0.3 is 0 Å². The van der Waals surface area contributed by atoms with Crippen molar-refractivity contribution in [3.05, 3.63) is 46.5 Å². The average Bonchev–Trinajstić information content (AvgIpc) is 2.25. The van der Waals surface area contributed by atoms with Gasteiger partial charge in [-0.3, -0.25) is 0 Å². The van der Waals surface area contributed by atoms with E-state index in [4.69, 9.17) is 0 Å². The van der Waals surface area contributed by atoms with E-state index in [9.17, 15) is 20.4 Å². The first-order valence-corrected chi connectivity index (χ1v) is 5.91. The minimum atomic E-state index is -0.00984. The number of phenolic OH excluding ortho intramolecular Hbond substituents is 4. The maximum atomic E-state index is 9.88. The van der Waals surface area contributed by atoms with E-state index in [1.54, 1.807) is 26.0 Å². The number of aryl methyl sites for hydroxylation is 2. The van der Waals surface area contributed by atoms with Crippen molar-refractivity contribution in [1.82, 2.24) is 0 Å². The maximum Gasteiger partial charge on any atom is 0.123 e. The van der Waals surface area contributed by atoms with Gasteiger partial charge in [0.15, 0.2) is 0 Å². The van der Waals surface area contributed by atoms with Gasteiger partial charge in [-0.15, -0.1) is 0 Å². The Morgan fingerprint density at radius 2 is 1.05 bits per heavy atom. The van der Waals surface area contributed by atoms with Crippen LogP contribution in [0.4, 0.5) is 0 Å². The third kappa shape index (κ3) is 2.57. The summed E-state index contributed by atoms with van der Waals surface area (Å²) in [6.07, 6.45) is 0.329. The molecule has 0 radical (unpaired) electrons. The van der Waals surface area contributed by atoms with E-state index in [1.807, 2.05) is 0 Å². The Labute approximate surface area is 111 Å². The third-order valence-corrected chi connectivity index (χ3v) is 3.22. The molecule has 0 fully saturated rings. The number of hydrogen-bond donors (Lipinski definition) is 4. The Morgan fingerprint density at radius 1 is 0.684 bits per heavy atom. The van der Waals surface area contributed by atoms with E-state index >= 15 is 0 Å². The Morgan fingerprint density at radius 3 is 1.37 bits per heavy atom. The Hall–Kier alpha value is -2.36. The summed E-state index contributed by atoms with van der Waals surface area (Å²) in [6, 6.07) is 5.66. The molecule has 2 rings (SSSR count). The number of aromatic hydroxyl groups is 4. The fourth-order valence-electron chi connectivity index (χ4n) is 2.20. The third-order valence-electron chi connectivity index (χ3n) is 3.22. The molecule has 4 nitrogen and oxygen atoms in total. The Bertz CT molecular complexity index is 531. The highest BCUT2D eigenvalue weighted by Crippen LogP contribution is 2.34. The van der Waals surface area contributed by atoms with Gasteiger partial charge in [-0.25, -0.2) is 0 Å². The molecule has 2 aromatic rings. The van der Waals surface area contributed by atoms with Crippen LogP contribution in [-0.4, -0.2) is 20.4 Å². The first kappa shape index (κ1) is 13.1. The van der Waals surface area contributed by atoms with Crippen molar-refractivity contribution in [2.75, 3.05) is 0 Å². The zero-order valence-corrected chi connectivity index (χ0v) is 10.8. The highest BCUT2D eigenvalue weighted by atomic mass is 16.3. The summed E-state index contributed by atoms with van der Waals surface area (Å²) in [4.78, 5) is 0. The molecular formula is C15H16O4. The summed E-state index contributed by atoms with van der Waals surface area (Å²) in [7, 11) is 0. The molecule has 4 heteroatoms. The van der Waals surface area contributed by atoms with Crippen LogP contribution in [0, 0.1) is 13.8 Å². The smallest absolute Gasteiger partial charge is 0.123 e. The van der Waals surface area contributed by atoms with Crippen molar-refractivity contribution in [3.8, 4) is 23.0 Å². The van der Waals surface area contributed by atoms with Crippen LogP contribution in [0.3, 0.4) is 0 Å². The molecule has 0 saturated heterocycles. The van der Waals surface area contributed by atoms with Gasteiger partial charge < -0.3 is 20.4 Å². The summed E-state index contributed by atoms with van der Waals surface area (Å²) >= 11 is 0. The summed E-state index contributed by atoms with van der Waals surface area (Å²) in [6.45, 7) is 3.56. The van der Waals surface area contributed by atoms with E-state index in [0.29, 0.717) is 17.5 Å². The van der Waals surface area contributed by atoms with E-state index < -0.39 is 0 Å². The SMILES string of the molecule is Cc1cc(O)cc(O)c1Cc1c(C)cc(O)cc1O.